The molecule has 1 aliphatic rings. The molecule has 0 aromatic heterocycles. The first kappa shape index (κ1) is 16.6. The maximum atomic E-state index is 11.9. The zero-order valence-electron chi connectivity index (χ0n) is 12.7. The van der Waals surface area contributed by atoms with E-state index in [-0.39, 0.29) is 6.09 Å². The molecule has 1 aliphatic heterocycles. The Morgan fingerprint density at radius 1 is 1.47 bits per heavy atom. The largest absolute Gasteiger partial charge is 0.444 e. The molecule has 5 heteroatoms. The van der Waals surface area contributed by atoms with Crippen LogP contribution >= 0.6 is 11.8 Å². The summed E-state index contributed by atoms with van der Waals surface area (Å²) in [6.07, 6.45) is 4.26. The summed E-state index contributed by atoms with van der Waals surface area (Å²) in [6.45, 7) is 9.46. The predicted molar refractivity (Wildman–Crippen MR) is 81.8 cm³/mol. The molecule has 0 saturated carbocycles. The molecular formula is C14H28N2O2S. The molecule has 0 aromatic carbocycles. The van der Waals surface area contributed by atoms with Gasteiger partial charge in [-0.15, -0.1) is 0 Å². The van der Waals surface area contributed by atoms with Gasteiger partial charge in [-0.25, -0.2) is 4.79 Å². The molecular weight excluding hydrogens is 260 g/mol. The first-order valence-electron chi connectivity index (χ1n) is 7.10. The lowest BCUT2D eigenvalue weighted by Crippen LogP contribution is -2.36. The molecule has 1 saturated heterocycles. The molecule has 0 aromatic rings. The molecule has 112 valence electrons. The third-order valence-electron chi connectivity index (χ3n) is 3.07. The summed E-state index contributed by atoms with van der Waals surface area (Å²) in [5.74, 6) is 1.78. The van der Waals surface area contributed by atoms with Crippen molar-refractivity contribution < 1.29 is 9.53 Å². The van der Waals surface area contributed by atoms with Gasteiger partial charge >= 0.3 is 6.09 Å². The Kier molecular flexibility index (Phi) is 7.00. The van der Waals surface area contributed by atoms with Gasteiger partial charge in [0.05, 0.1) is 0 Å². The molecule has 0 radical (unpaired) electrons. The van der Waals surface area contributed by atoms with Crippen LogP contribution in [-0.4, -0.2) is 54.8 Å². The number of likely N-dealkylation sites (tertiary alicyclic amines) is 1. The van der Waals surface area contributed by atoms with Crippen LogP contribution in [-0.2, 0) is 4.74 Å². The lowest BCUT2D eigenvalue weighted by atomic mass is 10.1. The minimum atomic E-state index is -0.398. The second-order valence-electron chi connectivity index (χ2n) is 6.13. The van der Waals surface area contributed by atoms with Gasteiger partial charge in [0.25, 0.3) is 0 Å². The van der Waals surface area contributed by atoms with Crippen molar-refractivity contribution in [3.8, 4) is 0 Å². The molecule has 4 nitrogen and oxygen atoms in total. The topological polar surface area (TPSA) is 41.6 Å². The van der Waals surface area contributed by atoms with Crippen molar-refractivity contribution in [3.63, 3.8) is 0 Å². The molecule has 0 aliphatic carbocycles. The summed E-state index contributed by atoms with van der Waals surface area (Å²) >= 11 is 1.88. The average molecular weight is 288 g/mol. The Morgan fingerprint density at radius 3 is 2.84 bits per heavy atom. The predicted octanol–water partition coefficient (Wildman–Crippen LogP) is 2.59. The van der Waals surface area contributed by atoms with Crippen LogP contribution in [0.4, 0.5) is 4.79 Å². The number of rotatable bonds is 6. The lowest BCUT2D eigenvalue weighted by molar-refractivity contribution is 0.0288. The summed E-state index contributed by atoms with van der Waals surface area (Å²) in [6, 6.07) is 0. The standard InChI is InChI=1S/C14H28N2O2S/c1-14(2,3)18-13(17)16-8-6-12(11-16)10-15-7-5-9-19-4/h12,15H,5-11H2,1-4H3. The number of hydrogen-bond acceptors (Lipinski definition) is 4. The van der Waals surface area contributed by atoms with Gasteiger partial charge in [0.2, 0.25) is 0 Å². The van der Waals surface area contributed by atoms with Crippen LogP contribution in [0.15, 0.2) is 0 Å². The van der Waals surface area contributed by atoms with E-state index >= 15 is 0 Å². The second kappa shape index (κ2) is 8.00. The van der Waals surface area contributed by atoms with Gasteiger partial charge in [-0.1, -0.05) is 0 Å². The number of nitrogens with one attached hydrogen (secondary N) is 1. The molecule has 1 atom stereocenters. The van der Waals surface area contributed by atoms with Crippen LogP contribution in [0.2, 0.25) is 0 Å². The van der Waals surface area contributed by atoms with Crippen molar-refractivity contribution in [2.24, 2.45) is 5.92 Å². The van der Waals surface area contributed by atoms with Crippen molar-refractivity contribution in [2.75, 3.05) is 38.2 Å². The SMILES string of the molecule is CSCCCNCC1CCN(C(=O)OC(C)(C)C)C1. The summed E-state index contributed by atoms with van der Waals surface area (Å²) in [5.41, 5.74) is -0.398. The first-order valence-corrected chi connectivity index (χ1v) is 8.49. The number of amides is 1. The van der Waals surface area contributed by atoms with Gasteiger partial charge in [0, 0.05) is 13.1 Å². The Morgan fingerprint density at radius 2 is 2.21 bits per heavy atom. The van der Waals surface area contributed by atoms with E-state index in [1.807, 2.05) is 37.4 Å². The fraction of sp³-hybridized carbons (Fsp3) is 0.929. The quantitative estimate of drug-likeness (QED) is 0.763. The molecule has 0 bridgehead atoms. The van der Waals surface area contributed by atoms with Crippen molar-refractivity contribution in [1.29, 1.82) is 0 Å². The van der Waals surface area contributed by atoms with E-state index in [0.717, 1.165) is 32.6 Å². The van der Waals surface area contributed by atoms with Crippen LogP contribution in [0, 0.1) is 5.92 Å². The van der Waals surface area contributed by atoms with Crippen LogP contribution < -0.4 is 5.32 Å². The van der Waals surface area contributed by atoms with E-state index < -0.39 is 5.60 Å². The van der Waals surface area contributed by atoms with Gasteiger partial charge in [0.1, 0.15) is 5.60 Å². The monoisotopic (exact) mass is 288 g/mol. The van der Waals surface area contributed by atoms with Gasteiger partial charge in [-0.3, -0.25) is 0 Å². The summed E-state index contributed by atoms with van der Waals surface area (Å²) in [5, 5.41) is 3.48. The third kappa shape index (κ3) is 7.06. The Balaban J connectivity index is 2.17. The molecule has 1 rings (SSSR count). The third-order valence-corrected chi connectivity index (χ3v) is 3.77. The first-order chi connectivity index (χ1) is 8.92. The number of ether oxygens (including phenoxy) is 1. The summed E-state index contributed by atoms with van der Waals surface area (Å²) in [7, 11) is 0. The number of carbonyl (C=O) groups is 1. The summed E-state index contributed by atoms with van der Waals surface area (Å²) < 4.78 is 5.39. The van der Waals surface area contributed by atoms with E-state index in [4.69, 9.17) is 4.74 Å². The van der Waals surface area contributed by atoms with Crippen molar-refractivity contribution in [3.05, 3.63) is 0 Å². The van der Waals surface area contributed by atoms with Crippen LogP contribution in [0.3, 0.4) is 0 Å². The van der Waals surface area contributed by atoms with E-state index in [9.17, 15) is 4.79 Å². The highest BCUT2D eigenvalue weighted by molar-refractivity contribution is 7.98. The average Bonchev–Trinajstić information content (AvgIpc) is 2.75. The Bertz CT molecular complexity index is 279. The Hall–Kier alpha value is -0.420. The number of thioether (sulfide) groups is 1. The highest BCUT2D eigenvalue weighted by atomic mass is 32.2. The summed E-state index contributed by atoms with van der Waals surface area (Å²) in [4.78, 5) is 13.7. The molecule has 1 unspecified atom stereocenters. The van der Waals surface area contributed by atoms with Crippen LogP contribution in [0.25, 0.3) is 0 Å². The molecule has 1 N–H and O–H groups in total. The number of carbonyl (C=O) groups excluding carboxylic acids is 1. The Labute approximate surface area is 121 Å². The molecule has 1 heterocycles. The van der Waals surface area contributed by atoms with E-state index in [0.29, 0.717) is 5.92 Å². The highest BCUT2D eigenvalue weighted by Gasteiger charge is 2.29. The van der Waals surface area contributed by atoms with E-state index in [2.05, 4.69) is 11.6 Å². The van der Waals surface area contributed by atoms with Gasteiger partial charge in [-0.05, 0) is 64.6 Å². The fourth-order valence-corrected chi connectivity index (χ4v) is 2.57. The maximum absolute atomic E-state index is 11.9. The minimum Gasteiger partial charge on any atom is -0.444 e. The van der Waals surface area contributed by atoms with Crippen LogP contribution in [0.5, 0.6) is 0 Å². The van der Waals surface area contributed by atoms with Crippen molar-refractivity contribution in [2.45, 2.75) is 39.2 Å². The van der Waals surface area contributed by atoms with E-state index in [1.165, 1.54) is 12.2 Å². The van der Waals surface area contributed by atoms with Crippen molar-refractivity contribution in [1.82, 2.24) is 10.2 Å². The lowest BCUT2D eigenvalue weighted by Gasteiger charge is -2.24. The molecule has 19 heavy (non-hydrogen) atoms. The number of hydrogen-bond donors (Lipinski definition) is 1. The van der Waals surface area contributed by atoms with Gasteiger partial charge in [0.15, 0.2) is 0 Å². The number of nitrogens with zero attached hydrogens (tertiary/aromatic N) is 1. The zero-order valence-corrected chi connectivity index (χ0v) is 13.5. The minimum absolute atomic E-state index is 0.169. The van der Waals surface area contributed by atoms with Gasteiger partial charge in [-0.2, -0.15) is 11.8 Å². The molecule has 1 fully saturated rings. The van der Waals surface area contributed by atoms with Crippen molar-refractivity contribution >= 4 is 17.9 Å². The maximum Gasteiger partial charge on any atom is 0.410 e. The normalized spacial score (nSPS) is 19.8. The molecule has 1 amide bonds. The van der Waals surface area contributed by atoms with E-state index in [1.54, 1.807) is 0 Å². The van der Waals surface area contributed by atoms with Crippen LogP contribution in [0.1, 0.15) is 33.6 Å². The second-order valence-corrected chi connectivity index (χ2v) is 7.12. The highest BCUT2D eigenvalue weighted by Crippen LogP contribution is 2.18. The van der Waals surface area contributed by atoms with Gasteiger partial charge < -0.3 is 15.0 Å². The zero-order chi connectivity index (χ0) is 14.3. The smallest absolute Gasteiger partial charge is 0.410 e. The fourth-order valence-electron chi connectivity index (χ4n) is 2.14. The molecule has 0 spiro atoms.